The highest BCUT2D eigenvalue weighted by Gasteiger charge is 2.20. The molecule has 18 heavy (non-hydrogen) atoms. The molecule has 0 saturated heterocycles. The predicted octanol–water partition coefficient (Wildman–Crippen LogP) is 2.57. The van der Waals surface area contributed by atoms with Gasteiger partial charge in [-0.3, -0.25) is 4.90 Å². The number of nitrogens with zero attached hydrogens (tertiary/aromatic N) is 2. The first-order valence-corrected chi connectivity index (χ1v) is 6.64. The van der Waals surface area contributed by atoms with Crippen molar-refractivity contribution in [3.63, 3.8) is 0 Å². The van der Waals surface area contributed by atoms with Crippen LogP contribution in [0.1, 0.15) is 29.9 Å². The zero-order chi connectivity index (χ0) is 12.4. The average molecular weight is 241 g/mol. The van der Waals surface area contributed by atoms with E-state index < -0.39 is 0 Å². The zero-order valence-corrected chi connectivity index (χ0v) is 10.8. The van der Waals surface area contributed by atoms with Crippen molar-refractivity contribution in [1.29, 1.82) is 0 Å². The van der Waals surface area contributed by atoms with Gasteiger partial charge in [-0.2, -0.15) is 0 Å². The third-order valence-corrected chi connectivity index (χ3v) is 3.92. The number of imidazole rings is 1. The molecular formula is C15H19N3. The molecule has 1 atom stereocenters. The molecule has 1 aliphatic rings. The Kier molecular flexibility index (Phi) is 3.15. The van der Waals surface area contributed by atoms with E-state index in [-0.39, 0.29) is 0 Å². The Morgan fingerprint density at radius 3 is 2.39 bits per heavy atom. The topological polar surface area (TPSA) is 31.9 Å². The van der Waals surface area contributed by atoms with E-state index in [0.29, 0.717) is 6.04 Å². The second-order valence-electron chi connectivity index (χ2n) is 4.96. The second-order valence-corrected chi connectivity index (χ2v) is 4.96. The molecular weight excluding hydrogens is 222 g/mol. The first-order chi connectivity index (χ1) is 8.84. The second kappa shape index (κ2) is 4.94. The van der Waals surface area contributed by atoms with Gasteiger partial charge in [-0.1, -0.05) is 24.3 Å². The lowest BCUT2D eigenvalue weighted by molar-refractivity contribution is 0.214. The number of benzene rings is 1. The first kappa shape index (κ1) is 11.5. The van der Waals surface area contributed by atoms with Crippen molar-refractivity contribution in [2.45, 2.75) is 25.8 Å². The summed E-state index contributed by atoms with van der Waals surface area (Å²) in [5.74, 6) is 1.07. The van der Waals surface area contributed by atoms with Crippen LogP contribution in [0.15, 0.2) is 36.7 Å². The molecule has 3 heteroatoms. The lowest BCUT2D eigenvalue weighted by Crippen LogP contribution is -2.30. The summed E-state index contributed by atoms with van der Waals surface area (Å²) in [5, 5.41) is 0. The Morgan fingerprint density at radius 2 is 1.83 bits per heavy atom. The molecule has 1 unspecified atom stereocenters. The summed E-state index contributed by atoms with van der Waals surface area (Å²) in [6.07, 6.45) is 6.01. The Bertz CT molecular complexity index is 477. The number of H-pyrrole nitrogens is 1. The van der Waals surface area contributed by atoms with Crippen molar-refractivity contribution < 1.29 is 0 Å². The molecule has 0 aliphatic carbocycles. The van der Waals surface area contributed by atoms with Gasteiger partial charge < -0.3 is 4.98 Å². The summed E-state index contributed by atoms with van der Waals surface area (Å²) >= 11 is 0. The molecule has 94 valence electrons. The van der Waals surface area contributed by atoms with Crippen LogP contribution in [-0.4, -0.2) is 28.0 Å². The minimum absolute atomic E-state index is 0.370. The number of hydrogen-bond acceptors (Lipinski definition) is 2. The van der Waals surface area contributed by atoms with Gasteiger partial charge in [0.15, 0.2) is 0 Å². The van der Waals surface area contributed by atoms with Gasteiger partial charge in [-0.15, -0.1) is 0 Å². The molecule has 0 radical (unpaired) electrons. The van der Waals surface area contributed by atoms with Gasteiger partial charge in [0.2, 0.25) is 0 Å². The van der Waals surface area contributed by atoms with Crippen molar-refractivity contribution >= 4 is 0 Å². The maximum Gasteiger partial charge on any atom is 0.123 e. The highest BCUT2D eigenvalue weighted by atomic mass is 15.2. The quantitative estimate of drug-likeness (QED) is 0.876. The minimum Gasteiger partial charge on any atom is -0.347 e. The van der Waals surface area contributed by atoms with Crippen molar-refractivity contribution in [2.75, 3.05) is 13.1 Å². The Morgan fingerprint density at radius 1 is 1.17 bits per heavy atom. The molecule has 0 amide bonds. The maximum absolute atomic E-state index is 4.37. The van der Waals surface area contributed by atoms with Gasteiger partial charge in [0, 0.05) is 25.5 Å². The number of aromatic nitrogens is 2. The van der Waals surface area contributed by atoms with E-state index in [0.717, 1.165) is 31.8 Å². The molecule has 0 fully saturated rings. The molecule has 3 nitrogen and oxygen atoms in total. The molecule has 3 rings (SSSR count). The molecule has 1 N–H and O–H groups in total. The number of hydrogen-bond donors (Lipinski definition) is 1. The number of fused-ring (bicyclic) bond motifs is 1. The minimum atomic E-state index is 0.370. The van der Waals surface area contributed by atoms with Gasteiger partial charge in [0.25, 0.3) is 0 Å². The van der Waals surface area contributed by atoms with Crippen LogP contribution in [0.2, 0.25) is 0 Å². The number of nitrogens with one attached hydrogen (secondary N) is 1. The van der Waals surface area contributed by atoms with Crippen LogP contribution in [0.4, 0.5) is 0 Å². The summed E-state index contributed by atoms with van der Waals surface area (Å²) in [5.41, 5.74) is 3.01. The van der Waals surface area contributed by atoms with Crippen LogP contribution in [-0.2, 0) is 12.8 Å². The summed E-state index contributed by atoms with van der Waals surface area (Å²) in [4.78, 5) is 10.1. The van der Waals surface area contributed by atoms with E-state index in [1.54, 1.807) is 0 Å². The average Bonchev–Trinajstić information content (AvgIpc) is 2.85. The van der Waals surface area contributed by atoms with Gasteiger partial charge in [0.1, 0.15) is 5.82 Å². The van der Waals surface area contributed by atoms with Crippen molar-refractivity contribution in [3.8, 4) is 0 Å². The smallest absolute Gasteiger partial charge is 0.123 e. The van der Waals surface area contributed by atoms with Crippen molar-refractivity contribution in [3.05, 3.63) is 53.6 Å². The highest BCUT2D eigenvalue weighted by Crippen LogP contribution is 2.22. The lowest BCUT2D eigenvalue weighted by atomic mass is 10.0. The van der Waals surface area contributed by atoms with Crippen LogP contribution < -0.4 is 0 Å². The van der Waals surface area contributed by atoms with Crippen LogP contribution in [0.5, 0.6) is 0 Å². The number of rotatable bonds is 2. The summed E-state index contributed by atoms with van der Waals surface area (Å²) < 4.78 is 0. The Balaban J connectivity index is 1.75. The SMILES string of the molecule is CC(c1ncc[nH]1)N1CCc2ccccc2CC1. The van der Waals surface area contributed by atoms with Crippen molar-refractivity contribution in [2.24, 2.45) is 0 Å². The Hall–Kier alpha value is -1.61. The third-order valence-electron chi connectivity index (χ3n) is 3.92. The van der Waals surface area contributed by atoms with Gasteiger partial charge in [-0.05, 0) is 30.9 Å². The lowest BCUT2D eigenvalue weighted by Gasteiger charge is -2.25. The van der Waals surface area contributed by atoms with Gasteiger partial charge in [0.05, 0.1) is 6.04 Å². The molecule has 0 saturated carbocycles. The molecule has 2 heterocycles. The van der Waals surface area contributed by atoms with Crippen LogP contribution >= 0.6 is 0 Å². The first-order valence-electron chi connectivity index (χ1n) is 6.64. The van der Waals surface area contributed by atoms with Crippen molar-refractivity contribution in [1.82, 2.24) is 14.9 Å². The van der Waals surface area contributed by atoms with E-state index in [9.17, 15) is 0 Å². The van der Waals surface area contributed by atoms with E-state index >= 15 is 0 Å². The molecule has 1 aromatic carbocycles. The molecule has 1 aliphatic heterocycles. The predicted molar refractivity (Wildman–Crippen MR) is 72.4 cm³/mol. The molecule has 0 bridgehead atoms. The summed E-state index contributed by atoms with van der Waals surface area (Å²) in [7, 11) is 0. The fourth-order valence-corrected chi connectivity index (χ4v) is 2.75. The van der Waals surface area contributed by atoms with Crippen LogP contribution in [0.25, 0.3) is 0 Å². The van der Waals surface area contributed by atoms with Gasteiger partial charge in [-0.25, -0.2) is 4.98 Å². The Labute approximate surface area is 108 Å². The fourth-order valence-electron chi connectivity index (χ4n) is 2.75. The largest absolute Gasteiger partial charge is 0.347 e. The fraction of sp³-hybridized carbons (Fsp3) is 0.400. The normalized spacial score (nSPS) is 18.1. The molecule has 1 aromatic heterocycles. The standard InChI is InChI=1S/C15H19N3/c1-12(15-16-8-9-17-15)18-10-6-13-4-2-3-5-14(13)7-11-18/h2-5,8-9,12H,6-7,10-11H2,1H3,(H,16,17). The monoisotopic (exact) mass is 241 g/mol. The maximum atomic E-state index is 4.37. The summed E-state index contributed by atoms with van der Waals surface area (Å²) in [6, 6.07) is 9.18. The third kappa shape index (κ3) is 2.18. The van der Waals surface area contributed by atoms with E-state index in [1.165, 1.54) is 11.1 Å². The van der Waals surface area contributed by atoms with Crippen LogP contribution in [0, 0.1) is 0 Å². The van der Waals surface area contributed by atoms with Gasteiger partial charge >= 0.3 is 0 Å². The number of aromatic amines is 1. The summed E-state index contributed by atoms with van der Waals surface area (Å²) in [6.45, 7) is 4.45. The molecule has 0 spiro atoms. The van der Waals surface area contributed by atoms with Crippen LogP contribution in [0.3, 0.4) is 0 Å². The zero-order valence-electron chi connectivity index (χ0n) is 10.8. The van der Waals surface area contributed by atoms with E-state index in [4.69, 9.17) is 0 Å². The highest BCUT2D eigenvalue weighted by molar-refractivity contribution is 5.28. The van der Waals surface area contributed by atoms with E-state index in [2.05, 4.69) is 46.1 Å². The van der Waals surface area contributed by atoms with E-state index in [1.807, 2.05) is 12.4 Å². The molecule has 2 aromatic rings.